The number of anilines is 1. The second-order valence-corrected chi connectivity index (χ2v) is 7.50. The van der Waals surface area contributed by atoms with Crippen molar-refractivity contribution in [2.75, 3.05) is 19.0 Å². The van der Waals surface area contributed by atoms with Gasteiger partial charge in [0.05, 0.1) is 25.4 Å². The first kappa shape index (κ1) is 17.9. The van der Waals surface area contributed by atoms with Gasteiger partial charge in [-0.05, 0) is 62.4 Å². The van der Waals surface area contributed by atoms with E-state index in [2.05, 4.69) is 35.0 Å². The minimum Gasteiger partial charge on any atom is -0.495 e. The second kappa shape index (κ2) is 7.65. The van der Waals surface area contributed by atoms with Crippen molar-refractivity contribution in [2.24, 2.45) is 0 Å². The molecule has 0 saturated heterocycles. The van der Waals surface area contributed by atoms with Crippen LogP contribution < -0.4 is 10.1 Å². The quantitative estimate of drug-likeness (QED) is 0.685. The Hall–Kier alpha value is -2.46. The number of benzene rings is 2. The second-order valence-electron chi connectivity index (χ2n) is 7.50. The van der Waals surface area contributed by atoms with Crippen LogP contribution in [0, 0.1) is 6.92 Å². The molecule has 142 valence electrons. The van der Waals surface area contributed by atoms with E-state index in [-0.39, 0.29) is 0 Å². The summed E-state index contributed by atoms with van der Waals surface area (Å²) < 4.78 is 7.72. The van der Waals surface area contributed by atoms with Crippen LogP contribution >= 0.6 is 0 Å². The van der Waals surface area contributed by atoms with Crippen molar-refractivity contribution in [2.45, 2.75) is 45.3 Å². The highest BCUT2D eigenvalue weighted by Gasteiger charge is 2.21. The van der Waals surface area contributed by atoms with Gasteiger partial charge in [0, 0.05) is 23.1 Å². The van der Waals surface area contributed by atoms with Crippen molar-refractivity contribution in [1.29, 1.82) is 0 Å². The molecule has 1 aliphatic carbocycles. The summed E-state index contributed by atoms with van der Waals surface area (Å²) in [5, 5.41) is 15.4. The highest BCUT2D eigenvalue weighted by Crippen LogP contribution is 2.33. The number of aromatic nitrogens is 1. The van der Waals surface area contributed by atoms with Crippen LogP contribution in [0.4, 0.5) is 5.69 Å². The molecule has 2 N–H and O–H groups in total. The maximum Gasteiger partial charge on any atom is 0.141 e. The fraction of sp³-hybridized carbons (Fsp3) is 0.391. The van der Waals surface area contributed by atoms with Crippen LogP contribution in [0.15, 0.2) is 42.5 Å². The summed E-state index contributed by atoms with van der Waals surface area (Å²) in [6, 6.07) is 14.5. The molecule has 0 radical (unpaired) electrons. The lowest BCUT2D eigenvalue weighted by Crippen LogP contribution is -2.26. The third kappa shape index (κ3) is 3.54. The summed E-state index contributed by atoms with van der Waals surface area (Å²) in [6.07, 6.45) is 4.28. The van der Waals surface area contributed by atoms with Crippen LogP contribution in [-0.2, 0) is 19.4 Å². The van der Waals surface area contributed by atoms with E-state index in [1.165, 1.54) is 40.6 Å². The normalized spacial score (nSPS) is 14.8. The molecule has 1 aromatic heterocycles. The van der Waals surface area contributed by atoms with E-state index in [9.17, 15) is 5.11 Å². The SMILES string of the molecule is COc1ccccc1NCC(O)Cn1c2c(c3cc(C)ccc31)CCCC2. The molecule has 2 aromatic carbocycles. The molecule has 0 spiro atoms. The number of aryl methyl sites for hydroxylation is 2. The number of ether oxygens (including phenoxy) is 1. The van der Waals surface area contributed by atoms with Crippen molar-refractivity contribution < 1.29 is 9.84 Å². The number of nitrogens with zero attached hydrogens (tertiary/aromatic N) is 1. The molecule has 0 amide bonds. The summed E-state index contributed by atoms with van der Waals surface area (Å²) >= 11 is 0. The molecule has 0 fully saturated rings. The molecule has 4 nitrogen and oxygen atoms in total. The predicted octanol–water partition coefficient (Wildman–Crippen LogP) is 4.31. The number of methoxy groups -OCH3 is 1. The van der Waals surface area contributed by atoms with Crippen LogP contribution in [0.25, 0.3) is 10.9 Å². The van der Waals surface area contributed by atoms with Gasteiger partial charge in [-0.15, -0.1) is 0 Å². The van der Waals surface area contributed by atoms with Crippen molar-refractivity contribution in [1.82, 2.24) is 4.57 Å². The minimum atomic E-state index is -0.474. The third-order valence-electron chi connectivity index (χ3n) is 5.56. The molecule has 1 heterocycles. The first-order valence-electron chi connectivity index (χ1n) is 9.83. The Balaban J connectivity index is 1.56. The molecule has 1 aliphatic rings. The van der Waals surface area contributed by atoms with Gasteiger partial charge in [0.1, 0.15) is 5.75 Å². The first-order chi connectivity index (χ1) is 13.2. The van der Waals surface area contributed by atoms with E-state index >= 15 is 0 Å². The number of hydrogen-bond donors (Lipinski definition) is 2. The lowest BCUT2D eigenvalue weighted by molar-refractivity contribution is 0.167. The van der Waals surface area contributed by atoms with Crippen LogP contribution in [0.5, 0.6) is 5.75 Å². The van der Waals surface area contributed by atoms with E-state index in [4.69, 9.17) is 4.74 Å². The van der Waals surface area contributed by atoms with E-state index < -0.39 is 6.10 Å². The lowest BCUT2D eigenvalue weighted by Gasteiger charge is -2.20. The number of aliphatic hydroxyl groups excluding tert-OH is 1. The molecule has 4 rings (SSSR count). The van der Waals surface area contributed by atoms with Gasteiger partial charge in [-0.25, -0.2) is 0 Å². The number of rotatable bonds is 6. The third-order valence-corrected chi connectivity index (χ3v) is 5.56. The van der Waals surface area contributed by atoms with Crippen LogP contribution in [0.1, 0.15) is 29.7 Å². The zero-order valence-electron chi connectivity index (χ0n) is 16.2. The fourth-order valence-corrected chi connectivity index (χ4v) is 4.25. The first-order valence-corrected chi connectivity index (χ1v) is 9.83. The topological polar surface area (TPSA) is 46.4 Å². The van der Waals surface area contributed by atoms with Gasteiger partial charge in [0.2, 0.25) is 0 Å². The highest BCUT2D eigenvalue weighted by molar-refractivity contribution is 5.86. The lowest BCUT2D eigenvalue weighted by atomic mass is 9.95. The van der Waals surface area contributed by atoms with Gasteiger partial charge < -0.3 is 19.7 Å². The van der Waals surface area contributed by atoms with Gasteiger partial charge in [-0.3, -0.25) is 0 Å². The Bertz CT molecular complexity index is 945. The van der Waals surface area contributed by atoms with Gasteiger partial charge in [-0.1, -0.05) is 23.8 Å². The predicted molar refractivity (Wildman–Crippen MR) is 111 cm³/mol. The Kier molecular flexibility index (Phi) is 5.08. The maximum absolute atomic E-state index is 10.7. The molecule has 4 heteroatoms. The van der Waals surface area contributed by atoms with Crippen molar-refractivity contribution >= 4 is 16.6 Å². The summed E-state index contributed by atoms with van der Waals surface area (Å²) in [4.78, 5) is 0. The number of para-hydroxylation sites is 2. The van der Waals surface area contributed by atoms with E-state index in [1.54, 1.807) is 7.11 Å². The fourth-order valence-electron chi connectivity index (χ4n) is 4.25. The van der Waals surface area contributed by atoms with Gasteiger partial charge in [0.15, 0.2) is 0 Å². The van der Waals surface area contributed by atoms with Gasteiger partial charge in [0.25, 0.3) is 0 Å². The molecular formula is C23H28N2O2. The summed E-state index contributed by atoms with van der Waals surface area (Å²) in [5.41, 5.74) is 6.37. The monoisotopic (exact) mass is 364 g/mol. The number of fused-ring (bicyclic) bond motifs is 3. The number of aliphatic hydroxyl groups is 1. The Morgan fingerprint density at radius 2 is 1.96 bits per heavy atom. The summed E-state index contributed by atoms with van der Waals surface area (Å²) in [7, 11) is 1.66. The Morgan fingerprint density at radius 3 is 2.81 bits per heavy atom. The maximum atomic E-state index is 10.7. The highest BCUT2D eigenvalue weighted by atomic mass is 16.5. The smallest absolute Gasteiger partial charge is 0.141 e. The average Bonchev–Trinajstić information content (AvgIpc) is 3.00. The molecule has 0 saturated carbocycles. The molecule has 1 atom stereocenters. The van der Waals surface area contributed by atoms with Gasteiger partial charge >= 0.3 is 0 Å². The van der Waals surface area contributed by atoms with Crippen molar-refractivity contribution in [3.63, 3.8) is 0 Å². The molecule has 1 unspecified atom stereocenters. The average molecular weight is 364 g/mol. The van der Waals surface area contributed by atoms with Crippen molar-refractivity contribution in [3.05, 3.63) is 59.3 Å². The van der Waals surface area contributed by atoms with E-state index in [0.717, 1.165) is 24.3 Å². The molecule has 3 aromatic rings. The van der Waals surface area contributed by atoms with Crippen LogP contribution in [0.2, 0.25) is 0 Å². The zero-order valence-corrected chi connectivity index (χ0v) is 16.2. The van der Waals surface area contributed by atoms with Gasteiger partial charge in [-0.2, -0.15) is 0 Å². The molecule has 27 heavy (non-hydrogen) atoms. The van der Waals surface area contributed by atoms with Crippen LogP contribution in [-0.4, -0.2) is 29.4 Å². The summed E-state index contributed by atoms with van der Waals surface area (Å²) in [5.74, 6) is 0.795. The van der Waals surface area contributed by atoms with E-state index in [1.807, 2.05) is 24.3 Å². The van der Waals surface area contributed by atoms with E-state index in [0.29, 0.717) is 13.1 Å². The standard InChI is InChI=1S/C23H28N2O2/c1-16-11-12-22-19(13-16)18-7-3-5-9-21(18)25(22)15-17(26)14-24-20-8-4-6-10-23(20)27-2/h4,6,8,10-13,17,24,26H,3,5,7,9,14-15H2,1-2H3. The zero-order chi connectivity index (χ0) is 18.8. The molecule has 0 aliphatic heterocycles. The van der Waals surface area contributed by atoms with Crippen molar-refractivity contribution in [3.8, 4) is 5.75 Å². The van der Waals surface area contributed by atoms with Crippen LogP contribution in [0.3, 0.4) is 0 Å². The largest absolute Gasteiger partial charge is 0.495 e. The number of nitrogens with one attached hydrogen (secondary N) is 1. The molecule has 0 bridgehead atoms. The minimum absolute atomic E-state index is 0.474. The Morgan fingerprint density at radius 1 is 1.15 bits per heavy atom. The molecular weight excluding hydrogens is 336 g/mol. The summed E-state index contributed by atoms with van der Waals surface area (Å²) in [6.45, 7) is 3.25. The number of hydrogen-bond acceptors (Lipinski definition) is 3. The Labute approximate surface area is 160 Å².